The minimum atomic E-state index is -4.51. The number of carbonyl (C=O) groups excluding carboxylic acids is 2. The fourth-order valence-electron chi connectivity index (χ4n) is 4.84. The Morgan fingerprint density at radius 3 is 1.98 bits per heavy atom. The molecule has 14 heteroatoms. The van der Waals surface area contributed by atoms with Gasteiger partial charge in [-0.2, -0.15) is 0 Å². The fraction of sp³-hybridized carbons (Fsp3) is 0.394. The number of halogens is 2. The van der Waals surface area contributed by atoms with Gasteiger partial charge in [-0.25, -0.2) is 8.42 Å². The number of hydrogen-bond acceptors (Lipinski definition) is 8. The van der Waals surface area contributed by atoms with Gasteiger partial charge in [-0.1, -0.05) is 36.2 Å². The lowest BCUT2D eigenvalue weighted by molar-refractivity contribution is -0.141. The molecule has 3 aromatic rings. The number of amides is 2. The van der Waals surface area contributed by atoms with Gasteiger partial charge in [-0.05, 0) is 63.6 Å². The second-order valence-electron chi connectivity index (χ2n) is 11.5. The third-order valence-electron chi connectivity index (χ3n) is 7.15. The van der Waals surface area contributed by atoms with E-state index in [9.17, 15) is 18.0 Å². The van der Waals surface area contributed by atoms with Crippen molar-refractivity contribution in [1.82, 2.24) is 10.2 Å². The Hall–Kier alpha value is -3.87. The number of methoxy groups -OCH3 is 4. The van der Waals surface area contributed by atoms with Crippen molar-refractivity contribution in [3.8, 4) is 23.0 Å². The van der Waals surface area contributed by atoms with Crippen LogP contribution in [0.2, 0.25) is 10.0 Å². The molecule has 0 spiro atoms. The average molecular weight is 711 g/mol. The fourth-order valence-corrected chi connectivity index (χ4v) is 6.78. The monoisotopic (exact) mass is 709 g/mol. The SMILES string of the molecule is CC[C@H](C(=O)NC(C)(C)C)N(Cc1c(Cl)cccc1Cl)C(=O)CN(c1cc(OC)ccc1OC)S(=O)(=O)c1ccc(OC)c(OC)c1. The number of benzene rings is 3. The summed E-state index contributed by atoms with van der Waals surface area (Å²) >= 11 is 13.0. The number of nitrogens with one attached hydrogen (secondary N) is 1. The molecule has 1 atom stereocenters. The lowest BCUT2D eigenvalue weighted by Gasteiger charge is -2.35. The number of hydrogen-bond donors (Lipinski definition) is 1. The van der Waals surface area contributed by atoms with E-state index in [1.807, 2.05) is 20.8 Å². The third kappa shape index (κ3) is 8.94. The minimum absolute atomic E-state index is 0.0258. The second-order valence-corrected chi connectivity index (χ2v) is 14.1. The van der Waals surface area contributed by atoms with Gasteiger partial charge in [0.15, 0.2) is 11.5 Å². The molecule has 0 fully saturated rings. The highest BCUT2D eigenvalue weighted by atomic mass is 35.5. The Morgan fingerprint density at radius 2 is 1.45 bits per heavy atom. The molecular formula is C33H41Cl2N3O8S. The molecule has 0 aliphatic heterocycles. The van der Waals surface area contributed by atoms with E-state index in [0.717, 1.165) is 4.31 Å². The van der Waals surface area contributed by atoms with Crippen LogP contribution >= 0.6 is 23.2 Å². The van der Waals surface area contributed by atoms with Crippen LogP contribution in [0.4, 0.5) is 5.69 Å². The zero-order chi connectivity index (χ0) is 35.1. The summed E-state index contributed by atoms with van der Waals surface area (Å²) in [6.45, 7) is 6.31. The summed E-state index contributed by atoms with van der Waals surface area (Å²) in [5.74, 6) is -0.184. The van der Waals surface area contributed by atoms with Crippen molar-refractivity contribution in [2.24, 2.45) is 0 Å². The second kappa shape index (κ2) is 15.8. The van der Waals surface area contributed by atoms with E-state index < -0.39 is 40.0 Å². The van der Waals surface area contributed by atoms with Crippen molar-refractivity contribution >= 4 is 50.7 Å². The maximum Gasteiger partial charge on any atom is 0.265 e. The molecular weight excluding hydrogens is 669 g/mol. The Bertz CT molecular complexity index is 1680. The number of carbonyl (C=O) groups is 2. The standard InChI is InChI=1S/C33H41Cl2N3O8S/c1-9-26(32(40)36-33(2,3)4)37(19-23-24(34)11-10-12-25(23)35)31(39)20-38(27-17-21(43-5)13-15-28(27)44-6)47(41,42)22-14-16-29(45-7)30(18-22)46-8/h10-18,26H,9,19-20H2,1-8H3,(H,36,40)/t26-/m1/s1. The van der Waals surface area contributed by atoms with Crippen molar-refractivity contribution in [3.05, 3.63) is 70.2 Å². The molecule has 256 valence electrons. The van der Waals surface area contributed by atoms with E-state index in [1.54, 1.807) is 31.2 Å². The van der Waals surface area contributed by atoms with Crippen LogP contribution in [-0.2, 0) is 26.2 Å². The van der Waals surface area contributed by atoms with E-state index in [1.165, 1.54) is 63.7 Å². The molecule has 0 aliphatic carbocycles. The molecule has 1 N–H and O–H groups in total. The van der Waals surface area contributed by atoms with Crippen LogP contribution < -0.4 is 28.6 Å². The first-order chi connectivity index (χ1) is 22.1. The predicted molar refractivity (Wildman–Crippen MR) is 183 cm³/mol. The largest absolute Gasteiger partial charge is 0.497 e. The molecule has 0 saturated heterocycles. The number of sulfonamides is 1. The van der Waals surface area contributed by atoms with Gasteiger partial charge in [-0.15, -0.1) is 0 Å². The number of anilines is 1. The van der Waals surface area contributed by atoms with Crippen molar-refractivity contribution in [2.45, 2.75) is 57.1 Å². The smallest absolute Gasteiger partial charge is 0.265 e. The Balaban J connectivity index is 2.25. The molecule has 11 nitrogen and oxygen atoms in total. The quantitative estimate of drug-likeness (QED) is 0.218. The lowest BCUT2D eigenvalue weighted by Crippen LogP contribution is -2.55. The maximum absolute atomic E-state index is 14.5. The van der Waals surface area contributed by atoms with Gasteiger partial charge >= 0.3 is 0 Å². The molecule has 0 saturated carbocycles. The molecule has 3 aromatic carbocycles. The third-order valence-corrected chi connectivity index (χ3v) is 9.61. The summed E-state index contributed by atoms with van der Waals surface area (Å²) in [6, 6.07) is 12.6. The number of rotatable bonds is 14. The van der Waals surface area contributed by atoms with Crippen LogP contribution in [0.25, 0.3) is 0 Å². The van der Waals surface area contributed by atoms with Crippen LogP contribution in [0.3, 0.4) is 0 Å². The van der Waals surface area contributed by atoms with Gasteiger partial charge in [-0.3, -0.25) is 13.9 Å². The summed E-state index contributed by atoms with van der Waals surface area (Å²) in [4.78, 5) is 29.2. The molecule has 0 bridgehead atoms. The molecule has 0 heterocycles. The van der Waals surface area contributed by atoms with E-state index in [2.05, 4.69) is 5.32 Å². The van der Waals surface area contributed by atoms with Crippen LogP contribution in [0.1, 0.15) is 39.7 Å². The van der Waals surface area contributed by atoms with Crippen LogP contribution in [-0.4, -0.2) is 71.7 Å². The first kappa shape index (κ1) is 37.6. The molecule has 47 heavy (non-hydrogen) atoms. The van der Waals surface area contributed by atoms with E-state index in [0.29, 0.717) is 17.1 Å². The highest BCUT2D eigenvalue weighted by Crippen LogP contribution is 2.38. The van der Waals surface area contributed by atoms with Crippen LogP contribution in [0, 0.1) is 0 Å². The molecule has 0 radical (unpaired) electrons. The van der Waals surface area contributed by atoms with E-state index in [-0.39, 0.29) is 45.1 Å². The van der Waals surface area contributed by atoms with E-state index >= 15 is 0 Å². The van der Waals surface area contributed by atoms with Gasteiger partial charge in [0.2, 0.25) is 11.8 Å². The summed E-state index contributed by atoms with van der Waals surface area (Å²) in [6.07, 6.45) is 0.209. The summed E-state index contributed by atoms with van der Waals surface area (Å²) in [5.41, 5.74) is -0.185. The van der Waals surface area contributed by atoms with Gasteiger partial charge in [0.05, 0.1) is 39.0 Å². The summed E-state index contributed by atoms with van der Waals surface area (Å²) < 4.78 is 51.5. The molecule has 0 unspecified atom stereocenters. The van der Waals surface area contributed by atoms with Gasteiger partial charge < -0.3 is 29.2 Å². The Kier molecular flexibility index (Phi) is 12.6. The molecule has 0 aliphatic rings. The van der Waals surface area contributed by atoms with Gasteiger partial charge in [0.25, 0.3) is 10.0 Å². The van der Waals surface area contributed by atoms with Crippen molar-refractivity contribution in [3.63, 3.8) is 0 Å². The maximum atomic E-state index is 14.5. The van der Waals surface area contributed by atoms with Gasteiger partial charge in [0, 0.05) is 39.8 Å². The average Bonchev–Trinajstić information content (AvgIpc) is 3.03. The Labute approximate surface area is 286 Å². The Morgan fingerprint density at radius 1 is 0.851 bits per heavy atom. The molecule has 3 rings (SSSR count). The van der Waals surface area contributed by atoms with Gasteiger partial charge in [0.1, 0.15) is 24.1 Å². The molecule has 2 amide bonds. The minimum Gasteiger partial charge on any atom is -0.497 e. The molecule has 0 aromatic heterocycles. The zero-order valence-electron chi connectivity index (χ0n) is 27.7. The van der Waals surface area contributed by atoms with Crippen molar-refractivity contribution < 1.29 is 37.0 Å². The van der Waals surface area contributed by atoms with E-state index in [4.69, 9.17) is 42.1 Å². The summed E-state index contributed by atoms with van der Waals surface area (Å²) in [7, 11) is 1.11. The van der Waals surface area contributed by atoms with Crippen molar-refractivity contribution in [1.29, 1.82) is 0 Å². The lowest BCUT2D eigenvalue weighted by atomic mass is 10.1. The normalized spacial score (nSPS) is 12.1. The van der Waals surface area contributed by atoms with Crippen LogP contribution in [0.15, 0.2) is 59.5 Å². The highest BCUT2D eigenvalue weighted by Gasteiger charge is 2.36. The van der Waals surface area contributed by atoms with Crippen molar-refractivity contribution in [2.75, 3.05) is 39.3 Å². The number of nitrogens with zero attached hydrogens (tertiary/aromatic N) is 2. The number of ether oxygens (including phenoxy) is 4. The topological polar surface area (TPSA) is 124 Å². The van der Waals surface area contributed by atoms with Crippen LogP contribution in [0.5, 0.6) is 23.0 Å². The first-order valence-corrected chi connectivity index (χ1v) is 16.8. The first-order valence-electron chi connectivity index (χ1n) is 14.6. The summed E-state index contributed by atoms with van der Waals surface area (Å²) in [5, 5.41) is 3.49. The zero-order valence-corrected chi connectivity index (χ0v) is 30.0. The predicted octanol–water partition coefficient (Wildman–Crippen LogP) is 5.95. The highest BCUT2D eigenvalue weighted by molar-refractivity contribution is 7.92.